The lowest BCUT2D eigenvalue weighted by Gasteiger charge is -2.50. The molecule has 20 nitrogen and oxygen atoms in total. The molecule has 252 valence electrons. The van der Waals surface area contributed by atoms with Crippen molar-refractivity contribution < 1.29 is 99.5 Å². The van der Waals surface area contributed by atoms with E-state index in [0.29, 0.717) is 0 Å². The van der Waals surface area contributed by atoms with Gasteiger partial charge in [0.1, 0.15) is 91.6 Å². The number of aliphatic hydroxyl groups is 13. The molecule has 4 heterocycles. The summed E-state index contributed by atoms with van der Waals surface area (Å²) < 4.78 is 38.6. The summed E-state index contributed by atoms with van der Waals surface area (Å²) in [6.07, 6.45) is -33.8. The molecule has 4 rings (SSSR count). The van der Waals surface area contributed by atoms with Crippen molar-refractivity contribution in [3.05, 3.63) is 0 Å². The molecular formula is C23H40O20. The standard InChI is InChI=1S/C23H40O20/c24-1-6-10(29)12(31)16(35)22(39-6)43-19-18(42-21-15(34)9(28)5(27)4-37-21)11(30)7(2-25)40-23(19)41-17-8(3-26)38-20(36)14(33)13(17)32/h5-36H,1-4H2/t5-,6-,7-,8-,9+,10+,11-,12+,13-,14-,15-,16-,17+,18+,19-,20?,21+,22+,23+/m1/s1. The minimum absolute atomic E-state index is 0.520. The first-order chi connectivity index (χ1) is 20.3. The van der Waals surface area contributed by atoms with Gasteiger partial charge in [0.25, 0.3) is 0 Å². The molecule has 43 heavy (non-hydrogen) atoms. The molecule has 0 amide bonds. The van der Waals surface area contributed by atoms with Crippen LogP contribution in [0.2, 0.25) is 0 Å². The number of hydrogen-bond donors (Lipinski definition) is 13. The Bertz CT molecular complexity index is 867. The van der Waals surface area contributed by atoms with Crippen LogP contribution in [0.3, 0.4) is 0 Å². The van der Waals surface area contributed by atoms with Gasteiger partial charge in [-0.05, 0) is 0 Å². The molecule has 20 heteroatoms. The van der Waals surface area contributed by atoms with Crippen molar-refractivity contribution in [3.8, 4) is 0 Å². The molecule has 0 aromatic carbocycles. The van der Waals surface area contributed by atoms with Crippen molar-refractivity contribution in [2.75, 3.05) is 26.4 Å². The van der Waals surface area contributed by atoms with Gasteiger partial charge in [0.15, 0.2) is 25.2 Å². The van der Waals surface area contributed by atoms with Gasteiger partial charge >= 0.3 is 0 Å². The van der Waals surface area contributed by atoms with Gasteiger partial charge in [-0.1, -0.05) is 0 Å². The summed E-state index contributed by atoms with van der Waals surface area (Å²) in [7, 11) is 0. The zero-order chi connectivity index (χ0) is 31.7. The molecule has 4 saturated heterocycles. The maximum Gasteiger partial charge on any atom is 0.187 e. The van der Waals surface area contributed by atoms with E-state index < -0.39 is 143 Å². The van der Waals surface area contributed by atoms with Gasteiger partial charge in [0, 0.05) is 0 Å². The first-order valence-electron chi connectivity index (χ1n) is 13.5. The van der Waals surface area contributed by atoms with Gasteiger partial charge in [-0.25, -0.2) is 0 Å². The third-order valence-corrected chi connectivity index (χ3v) is 7.81. The van der Waals surface area contributed by atoms with Crippen molar-refractivity contribution >= 4 is 0 Å². The van der Waals surface area contributed by atoms with Crippen LogP contribution in [0.5, 0.6) is 0 Å². The second-order valence-corrected chi connectivity index (χ2v) is 10.7. The molecular weight excluding hydrogens is 596 g/mol. The quantitative estimate of drug-likeness (QED) is 0.112. The lowest BCUT2D eigenvalue weighted by atomic mass is 9.95. The molecule has 0 spiro atoms. The Hall–Kier alpha value is -0.800. The molecule has 0 saturated carbocycles. The van der Waals surface area contributed by atoms with Crippen LogP contribution in [0.4, 0.5) is 0 Å². The summed E-state index contributed by atoms with van der Waals surface area (Å²) in [4.78, 5) is 0. The topological polar surface area (TPSA) is 328 Å². The van der Waals surface area contributed by atoms with Crippen molar-refractivity contribution in [1.82, 2.24) is 0 Å². The van der Waals surface area contributed by atoms with E-state index in [1.54, 1.807) is 0 Å². The zero-order valence-corrected chi connectivity index (χ0v) is 22.5. The van der Waals surface area contributed by atoms with E-state index >= 15 is 0 Å². The fraction of sp³-hybridized carbons (Fsp3) is 1.00. The Balaban J connectivity index is 1.68. The molecule has 4 fully saturated rings. The van der Waals surface area contributed by atoms with Crippen LogP contribution in [0.15, 0.2) is 0 Å². The van der Waals surface area contributed by atoms with Gasteiger partial charge in [-0.2, -0.15) is 0 Å². The fourth-order valence-corrected chi connectivity index (χ4v) is 5.23. The van der Waals surface area contributed by atoms with Crippen LogP contribution < -0.4 is 0 Å². The van der Waals surface area contributed by atoms with Gasteiger partial charge in [-0.3, -0.25) is 0 Å². The van der Waals surface area contributed by atoms with Gasteiger partial charge < -0.3 is 99.5 Å². The van der Waals surface area contributed by atoms with Crippen LogP contribution in [0.1, 0.15) is 0 Å². The monoisotopic (exact) mass is 636 g/mol. The van der Waals surface area contributed by atoms with Crippen LogP contribution >= 0.6 is 0 Å². The molecule has 19 atom stereocenters. The maximum absolute atomic E-state index is 11.1. The third kappa shape index (κ3) is 7.13. The van der Waals surface area contributed by atoms with Crippen LogP contribution in [-0.2, 0) is 33.2 Å². The molecule has 13 N–H and O–H groups in total. The summed E-state index contributed by atoms with van der Waals surface area (Å²) in [5.41, 5.74) is 0. The van der Waals surface area contributed by atoms with E-state index in [4.69, 9.17) is 33.2 Å². The van der Waals surface area contributed by atoms with Crippen molar-refractivity contribution in [3.63, 3.8) is 0 Å². The highest BCUT2D eigenvalue weighted by Crippen LogP contribution is 2.35. The second-order valence-electron chi connectivity index (χ2n) is 10.7. The molecule has 4 aliphatic heterocycles. The Morgan fingerprint density at radius 3 is 1.60 bits per heavy atom. The smallest absolute Gasteiger partial charge is 0.187 e. The Kier molecular flexibility index (Phi) is 12.0. The SMILES string of the molecule is OC[C@H]1O[C@@H](O[C@H]2[C@H](O[C@@H]3[C@H](O)[C@@H](O)C(O)O[C@@H]3CO)O[C@H](CO)[C@@H](O)[C@@H]2O[C@@H]2OC[C@@H](O)[C@H](O)[C@H]2O)[C@H](O)[C@@H](O)[C@H]1O. The van der Waals surface area contributed by atoms with E-state index in [1.165, 1.54) is 0 Å². The first-order valence-corrected chi connectivity index (χ1v) is 13.5. The largest absolute Gasteiger partial charge is 0.394 e. The summed E-state index contributed by atoms with van der Waals surface area (Å²) in [6, 6.07) is 0. The minimum atomic E-state index is -1.99. The van der Waals surface area contributed by atoms with Crippen LogP contribution in [0, 0.1) is 0 Å². The molecule has 1 unspecified atom stereocenters. The predicted octanol–water partition coefficient (Wildman–Crippen LogP) is -9.11. The maximum atomic E-state index is 11.1. The van der Waals surface area contributed by atoms with E-state index in [-0.39, 0.29) is 0 Å². The third-order valence-electron chi connectivity index (χ3n) is 7.81. The molecule has 4 aliphatic rings. The Labute approximate surface area is 243 Å². The summed E-state index contributed by atoms with van der Waals surface area (Å²) in [5, 5.41) is 132. The highest BCUT2D eigenvalue weighted by atomic mass is 16.8. The van der Waals surface area contributed by atoms with Gasteiger partial charge in [-0.15, -0.1) is 0 Å². The highest BCUT2D eigenvalue weighted by Gasteiger charge is 2.55. The average molecular weight is 637 g/mol. The highest BCUT2D eigenvalue weighted by molar-refractivity contribution is 4.97. The first kappa shape index (κ1) is 35.1. The molecule has 0 aromatic rings. The zero-order valence-electron chi connectivity index (χ0n) is 22.5. The summed E-state index contributed by atoms with van der Waals surface area (Å²) in [6.45, 7) is -3.11. The number of aliphatic hydroxyl groups excluding tert-OH is 13. The van der Waals surface area contributed by atoms with Crippen LogP contribution in [-0.4, -0.2) is 210 Å². The van der Waals surface area contributed by atoms with E-state index in [2.05, 4.69) is 0 Å². The van der Waals surface area contributed by atoms with E-state index in [9.17, 15) is 66.4 Å². The fourth-order valence-electron chi connectivity index (χ4n) is 5.23. The lowest BCUT2D eigenvalue weighted by Crippen LogP contribution is -2.68. The molecule has 0 radical (unpaired) electrons. The minimum Gasteiger partial charge on any atom is -0.394 e. The van der Waals surface area contributed by atoms with E-state index in [1.807, 2.05) is 0 Å². The second kappa shape index (κ2) is 14.7. The van der Waals surface area contributed by atoms with Gasteiger partial charge in [0.05, 0.1) is 26.4 Å². The summed E-state index contributed by atoms with van der Waals surface area (Å²) in [5.74, 6) is 0. The normalized spacial score (nSPS) is 53.1. The summed E-state index contributed by atoms with van der Waals surface area (Å²) >= 11 is 0. The number of ether oxygens (including phenoxy) is 7. The van der Waals surface area contributed by atoms with Crippen LogP contribution in [0.25, 0.3) is 0 Å². The van der Waals surface area contributed by atoms with Crippen molar-refractivity contribution in [1.29, 1.82) is 0 Å². The van der Waals surface area contributed by atoms with Gasteiger partial charge in [0.2, 0.25) is 0 Å². The number of rotatable bonds is 9. The lowest BCUT2D eigenvalue weighted by molar-refractivity contribution is -0.402. The van der Waals surface area contributed by atoms with Crippen molar-refractivity contribution in [2.45, 2.75) is 117 Å². The molecule has 0 aromatic heterocycles. The number of hydrogen-bond acceptors (Lipinski definition) is 20. The molecule has 0 bridgehead atoms. The molecule has 0 aliphatic carbocycles. The van der Waals surface area contributed by atoms with E-state index in [0.717, 1.165) is 0 Å². The Morgan fingerprint density at radius 2 is 0.977 bits per heavy atom. The predicted molar refractivity (Wildman–Crippen MR) is 128 cm³/mol. The Morgan fingerprint density at radius 1 is 0.442 bits per heavy atom. The average Bonchev–Trinajstić information content (AvgIpc) is 2.99. The van der Waals surface area contributed by atoms with Crippen molar-refractivity contribution in [2.24, 2.45) is 0 Å².